The van der Waals surface area contributed by atoms with Gasteiger partial charge >= 0.3 is 0 Å². The summed E-state index contributed by atoms with van der Waals surface area (Å²) in [5.41, 5.74) is 2.14. The van der Waals surface area contributed by atoms with E-state index in [-0.39, 0.29) is 22.9 Å². The third-order valence-corrected chi connectivity index (χ3v) is 6.68. The number of hydrogen-bond acceptors (Lipinski definition) is 5. The van der Waals surface area contributed by atoms with E-state index in [0.717, 1.165) is 18.4 Å². The number of benzene rings is 1. The zero-order valence-corrected chi connectivity index (χ0v) is 18.4. The molecule has 1 aromatic carbocycles. The summed E-state index contributed by atoms with van der Waals surface area (Å²) in [6, 6.07) is 10.9. The third-order valence-electron chi connectivity index (χ3n) is 5.81. The number of amides is 1. The number of ether oxygens (including phenoxy) is 1. The number of nitrogens with zero attached hydrogens (tertiary/aromatic N) is 1. The van der Waals surface area contributed by atoms with E-state index in [1.807, 2.05) is 29.6 Å². The van der Waals surface area contributed by atoms with Gasteiger partial charge in [-0.1, -0.05) is 51.1 Å². The van der Waals surface area contributed by atoms with Gasteiger partial charge < -0.3 is 14.7 Å². The monoisotopic (exact) mass is 425 g/mol. The molecule has 1 amide bonds. The van der Waals surface area contributed by atoms with E-state index in [2.05, 4.69) is 20.8 Å². The third kappa shape index (κ3) is 3.82. The molecule has 1 aromatic heterocycles. The van der Waals surface area contributed by atoms with Gasteiger partial charge in [0.05, 0.1) is 22.6 Å². The van der Waals surface area contributed by atoms with Crippen LogP contribution >= 0.6 is 11.3 Å². The fourth-order valence-corrected chi connectivity index (χ4v) is 4.81. The van der Waals surface area contributed by atoms with Crippen LogP contribution in [-0.2, 0) is 14.9 Å². The van der Waals surface area contributed by atoms with Gasteiger partial charge in [-0.05, 0) is 40.8 Å². The number of aliphatic hydroxyl groups excluding tert-OH is 1. The molecular formula is C24H27NO4S. The van der Waals surface area contributed by atoms with Crippen LogP contribution in [0.15, 0.2) is 53.1 Å². The molecule has 2 aliphatic heterocycles. The highest BCUT2D eigenvalue weighted by molar-refractivity contribution is 7.12. The molecule has 1 N–H and O–H groups in total. The average molecular weight is 426 g/mol. The normalized spacial score (nSPS) is 22.2. The molecule has 30 heavy (non-hydrogen) atoms. The molecule has 1 saturated heterocycles. The average Bonchev–Trinajstić information content (AvgIpc) is 3.46. The molecule has 0 radical (unpaired) electrons. The molecule has 158 valence electrons. The largest absolute Gasteiger partial charge is 0.503 e. The van der Waals surface area contributed by atoms with Crippen molar-refractivity contribution in [1.29, 1.82) is 0 Å². The predicted octanol–water partition coefficient (Wildman–Crippen LogP) is 4.80. The lowest BCUT2D eigenvalue weighted by molar-refractivity contribution is -0.131. The Labute approximate surface area is 181 Å². The molecule has 4 rings (SSSR count). The van der Waals surface area contributed by atoms with Crippen LogP contribution in [-0.4, -0.2) is 41.0 Å². The zero-order valence-electron chi connectivity index (χ0n) is 17.6. The second-order valence-corrected chi connectivity index (χ2v) is 9.88. The van der Waals surface area contributed by atoms with Gasteiger partial charge in [0.15, 0.2) is 5.76 Å². The molecule has 2 aliphatic rings. The van der Waals surface area contributed by atoms with Crippen molar-refractivity contribution < 1.29 is 19.4 Å². The number of carbonyl (C=O) groups excluding carboxylic acids is 2. The SMILES string of the molecule is CC(C)(C)c1ccc([C@@H]2C(C(=O)c3cccs3)=C(O)C(=O)N2C[C@@H]2CCCO2)cc1. The number of hydrogen-bond donors (Lipinski definition) is 1. The van der Waals surface area contributed by atoms with Crippen molar-refractivity contribution in [2.75, 3.05) is 13.2 Å². The molecule has 0 spiro atoms. The van der Waals surface area contributed by atoms with Crippen molar-refractivity contribution in [1.82, 2.24) is 4.90 Å². The van der Waals surface area contributed by atoms with Crippen LogP contribution in [0.1, 0.15) is 60.5 Å². The number of ketones is 1. The number of thiophene rings is 1. The van der Waals surface area contributed by atoms with Crippen LogP contribution in [0.2, 0.25) is 0 Å². The first-order valence-corrected chi connectivity index (χ1v) is 11.2. The van der Waals surface area contributed by atoms with Gasteiger partial charge in [-0.2, -0.15) is 0 Å². The molecule has 2 aromatic rings. The molecule has 3 heterocycles. The molecule has 0 saturated carbocycles. The molecule has 1 fully saturated rings. The van der Waals surface area contributed by atoms with E-state index in [1.54, 1.807) is 17.0 Å². The molecule has 5 nitrogen and oxygen atoms in total. The summed E-state index contributed by atoms with van der Waals surface area (Å²) >= 11 is 1.31. The minimum absolute atomic E-state index is 0.00496. The molecule has 6 heteroatoms. The second-order valence-electron chi connectivity index (χ2n) is 8.94. The van der Waals surface area contributed by atoms with Gasteiger partial charge in [-0.25, -0.2) is 0 Å². The Morgan fingerprint density at radius 1 is 1.23 bits per heavy atom. The highest BCUT2D eigenvalue weighted by atomic mass is 32.1. The smallest absolute Gasteiger partial charge is 0.290 e. The summed E-state index contributed by atoms with van der Waals surface area (Å²) in [5.74, 6) is -1.25. The minimum Gasteiger partial charge on any atom is -0.503 e. The van der Waals surface area contributed by atoms with Crippen LogP contribution < -0.4 is 0 Å². The number of Topliss-reactive ketones (excluding diaryl/α,β-unsaturated/α-hetero) is 1. The number of carbonyl (C=O) groups is 2. The van der Waals surface area contributed by atoms with Crippen molar-refractivity contribution in [2.45, 2.75) is 51.2 Å². The van der Waals surface area contributed by atoms with Crippen LogP contribution in [0.3, 0.4) is 0 Å². The van der Waals surface area contributed by atoms with Gasteiger partial charge in [0.1, 0.15) is 0 Å². The standard InChI is InChI=1S/C24H27NO4S/c1-24(2,3)16-10-8-15(9-11-16)20-19(21(26)18-7-5-13-30-18)22(27)23(28)25(20)14-17-6-4-12-29-17/h5,7-11,13,17,20,27H,4,6,12,14H2,1-3H3/t17-,20+/m0/s1. The number of rotatable bonds is 5. The first kappa shape index (κ1) is 20.8. The molecule has 0 aliphatic carbocycles. The Bertz CT molecular complexity index is 964. The maximum absolute atomic E-state index is 13.2. The summed E-state index contributed by atoms with van der Waals surface area (Å²) in [6.45, 7) is 7.46. The van der Waals surface area contributed by atoms with E-state index < -0.39 is 17.7 Å². The van der Waals surface area contributed by atoms with E-state index in [1.165, 1.54) is 16.9 Å². The van der Waals surface area contributed by atoms with Gasteiger partial charge in [0, 0.05) is 13.2 Å². The first-order valence-electron chi connectivity index (χ1n) is 10.3. The second kappa shape index (κ2) is 8.00. The topological polar surface area (TPSA) is 66.8 Å². The Morgan fingerprint density at radius 2 is 1.97 bits per heavy atom. The summed E-state index contributed by atoms with van der Waals surface area (Å²) in [4.78, 5) is 28.3. The van der Waals surface area contributed by atoms with Gasteiger partial charge in [-0.3, -0.25) is 9.59 Å². The summed E-state index contributed by atoms with van der Waals surface area (Å²) in [7, 11) is 0. The lowest BCUT2D eigenvalue weighted by Gasteiger charge is -2.29. The highest BCUT2D eigenvalue weighted by Crippen LogP contribution is 2.40. The zero-order chi connectivity index (χ0) is 21.5. The Morgan fingerprint density at radius 3 is 2.53 bits per heavy atom. The minimum atomic E-state index is -0.620. The van der Waals surface area contributed by atoms with Crippen LogP contribution in [0, 0.1) is 0 Å². The highest BCUT2D eigenvalue weighted by Gasteiger charge is 2.45. The van der Waals surface area contributed by atoms with E-state index in [0.29, 0.717) is 18.0 Å². The number of aliphatic hydroxyl groups is 1. The first-order chi connectivity index (χ1) is 14.3. The van der Waals surface area contributed by atoms with Crippen LogP contribution in [0.4, 0.5) is 0 Å². The van der Waals surface area contributed by atoms with Crippen molar-refractivity contribution in [3.63, 3.8) is 0 Å². The van der Waals surface area contributed by atoms with E-state index >= 15 is 0 Å². The van der Waals surface area contributed by atoms with Crippen molar-refractivity contribution >= 4 is 23.0 Å². The predicted molar refractivity (Wildman–Crippen MR) is 117 cm³/mol. The van der Waals surface area contributed by atoms with E-state index in [4.69, 9.17) is 4.74 Å². The maximum Gasteiger partial charge on any atom is 0.290 e. The fraction of sp³-hybridized carbons (Fsp3) is 0.417. The summed E-state index contributed by atoms with van der Waals surface area (Å²) < 4.78 is 5.74. The van der Waals surface area contributed by atoms with Gasteiger partial charge in [0.25, 0.3) is 5.91 Å². The van der Waals surface area contributed by atoms with Crippen LogP contribution in [0.5, 0.6) is 0 Å². The summed E-state index contributed by atoms with van der Waals surface area (Å²) in [5, 5.41) is 12.5. The lowest BCUT2D eigenvalue weighted by Crippen LogP contribution is -2.37. The molecular weight excluding hydrogens is 398 g/mol. The van der Waals surface area contributed by atoms with E-state index in [9.17, 15) is 14.7 Å². The van der Waals surface area contributed by atoms with Crippen molar-refractivity contribution in [3.8, 4) is 0 Å². The molecule has 2 atom stereocenters. The van der Waals surface area contributed by atoms with Gasteiger partial charge in [0.2, 0.25) is 5.78 Å². The fourth-order valence-electron chi connectivity index (χ4n) is 4.13. The Hall–Kier alpha value is -2.44. The molecule has 0 bridgehead atoms. The quantitative estimate of drug-likeness (QED) is 0.699. The Balaban J connectivity index is 1.75. The lowest BCUT2D eigenvalue weighted by atomic mass is 9.85. The molecule has 0 unspecified atom stereocenters. The van der Waals surface area contributed by atoms with Gasteiger partial charge in [-0.15, -0.1) is 11.3 Å². The Kier molecular flexibility index (Phi) is 5.55. The van der Waals surface area contributed by atoms with Crippen LogP contribution in [0.25, 0.3) is 0 Å². The van der Waals surface area contributed by atoms with Crippen molar-refractivity contribution in [3.05, 3.63) is 69.1 Å². The maximum atomic E-state index is 13.2. The summed E-state index contributed by atoms with van der Waals surface area (Å²) in [6.07, 6.45) is 1.75. The van der Waals surface area contributed by atoms with Crippen molar-refractivity contribution in [2.24, 2.45) is 0 Å².